The predicted molar refractivity (Wildman–Crippen MR) is 81.7 cm³/mol. The summed E-state index contributed by atoms with van der Waals surface area (Å²) in [5.41, 5.74) is 7.87. The van der Waals surface area contributed by atoms with Crippen LogP contribution in [-0.2, 0) is 6.54 Å². The van der Waals surface area contributed by atoms with Crippen molar-refractivity contribution in [3.05, 3.63) is 70.2 Å². The second-order valence-electron chi connectivity index (χ2n) is 4.69. The van der Waals surface area contributed by atoms with Gasteiger partial charge in [0.05, 0.1) is 0 Å². The minimum atomic E-state index is -0.411. The predicted octanol–water partition coefficient (Wildman–Crippen LogP) is 3.29. The van der Waals surface area contributed by atoms with Gasteiger partial charge in [0, 0.05) is 23.2 Å². The van der Waals surface area contributed by atoms with E-state index in [9.17, 15) is 4.79 Å². The number of nitrogens with one attached hydrogen (secondary N) is 1. The van der Waals surface area contributed by atoms with Gasteiger partial charge in [0.1, 0.15) is 0 Å². The third kappa shape index (κ3) is 3.59. The quantitative estimate of drug-likeness (QED) is 0.887. The average molecular weight is 289 g/mol. The Balaban J connectivity index is 2.04. The van der Waals surface area contributed by atoms with E-state index in [1.54, 1.807) is 12.1 Å². The van der Waals surface area contributed by atoms with Crippen LogP contribution in [0.4, 0.5) is 0 Å². The van der Waals surface area contributed by atoms with Crippen molar-refractivity contribution in [3.63, 3.8) is 0 Å². The molecule has 3 nitrogen and oxygen atoms in total. The Kier molecular flexibility index (Phi) is 4.77. The summed E-state index contributed by atoms with van der Waals surface area (Å²) >= 11 is 6.17. The van der Waals surface area contributed by atoms with E-state index in [-0.39, 0.29) is 6.04 Å². The Morgan fingerprint density at radius 2 is 2.00 bits per heavy atom. The van der Waals surface area contributed by atoms with E-state index >= 15 is 0 Å². The zero-order valence-electron chi connectivity index (χ0n) is 11.3. The van der Waals surface area contributed by atoms with Gasteiger partial charge in [0.2, 0.25) is 5.91 Å². The van der Waals surface area contributed by atoms with Crippen molar-refractivity contribution in [1.29, 1.82) is 0 Å². The van der Waals surface area contributed by atoms with Crippen LogP contribution in [0.1, 0.15) is 34.5 Å². The fourth-order valence-corrected chi connectivity index (χ4v) is 2.34. The lowest BCUT2D eigenvalue weighted by molar-refractivity contribution is 0.1000. The highest BCUT2D eigenvalue weighted by atomic mass is 35.5. The molecule has 0 saturated heterocycles. The second-order valence-corrected chi connectivity index (χ2v) is 5.10. The van der Waals surface area contributed by atoms with Crippen LogP contribution in [-0.4, -0.2) is 5.91 Å². The molecule has 0 aliphatic heterocycles. The third-order valence-electron chi connectivity index (χ3n) is 3.20. The second kappa shape index (κ2) is 6.55. The lowest BCUT2D eigenvalue weighted by atomic mass is 10.1. The summed E-state index contributed by atoms with van der Waals surface area (Å²) in [6.07, 6.45) is 0. The van der Waals surface area contributed by atoms with E-state index in [1.807, 2.05) is 36.4 Å². The van der Waals surface area contributed by atoms with E-state index in [4.69, 9.17) is 17.3 Å². The molecule has 2 aromatic rings. The number of hydrogen-bond acceptors (Lipinski definition) is 2. The summed E-state index contributed by atoms with van der Waals surface area (Å²) in [7, 11) is 0. The highest BCUT2D eigenvalue weighted by molar-refractivity contribution is 6.31. The molecule has 0 unspecified atom stereocenters. The first-order valence-corrected chi connectivity index (χ1v) is 6.82. The molecule has 0 fully saturated rings. The Bertz CT molecular complexity index is 613. The van der Waals surface area contributed by atoms with Crippen LogP contribution in [0.2, 0.25) is 5.02 Å². The van der Waals surface area contributed by atoms with Gasteiger partial charge in [0.15, 0.2) is 0 Å². The maximum absolute atomic E-state index is 11.1. The molecule has 0 saturated carbocycles. The average Bonchev–Trinajstić information content (AvgIpc) is 2.45. The lowest BCUT2D eigenvalue weighted by Gasteiger charge is -2.16. The molecule has 2 aromatic carbocycles. The molecule has 0 radical (unpaired) electrons. The first kappa shape index (κ1) is 14.6. The summed E-state index contributed by atoms with van der Waals surface area (Å²) in [6, 6.07) is 15.2. The molecular weight excluding hydrogens is 272 g/mol. The van der Waals surface area contributed by atoms with Crippen LogP contribution in [0.25, 0.3) is 0 Å². The summed E-state index contributed by atoms with van der Waals surface area (Å²) in [6.45, 7) is 2.70. The smallest absolute Gasteiger partial charge is 0.248 e. The maximum Gasteiger partial charge on any atom is 0.248 e. The highest BCUT2D eigenvalue weighted by Gasteiger charge is 2.08. The van der Waals surface area contributed by atoms with E-state index in [0.717, 1.165) is 16.1 Å². The lowest BCUT2D eigenvalue weighted by Crippen LogP contribution is -2.19. The number of hydrogen-bond donors (Lipinski definition) is 2. The summed E-state index contributed by atoms with van der Waals surface area (Å²) < 4.78 is 0. The van der Waals surface area contributed by atoms with Gasteiger partial charge in [-0.3, -0.25) is 4.79 Å². The van der Waals surface area contributed by atoms with Gasteiger partial charge >= 0.3 is 0 Å². The number of halogens is 1. The molecule has 0 aliphatic rings. The van der Waals surface area contributed by atoms with Gasteiger partial charge in [-0.2, -0.15) is 0 Å². The van der Waals surface area contributed by atoms with Crippen molar-refractivity contribution in [2.75, 3.05) is 0 Å². The van der Waals surface area contributed by atoms with E-state index < -0.39 is 5.91 Å². The van der Waals surface area contributed by atoms with Crippen LogP contribution >= 0.6 is 11.6 Å². The zero-order valence-corrected chi connectivity index (χ0v) is 12.0. The van der Waals surface area contributed by atoms with Gasteiger partial charge in [-0.05, 0) is 36.2 Å². The monoisotopic (exact) mass is 288 g/mol. The van der Waals surface area contributed by atoms with Crippen LogP contribution < -0.4 is 11.1 Å². The molecule has 1 atom stereocenters. The van der Waals surface area contributed by atoms with Crippen molar-refractivity contribution >= 4 is 17.5 Å². The first-order chi connectivity index (χ1) is 9.58. The van der Waals surface area contributed by atoms with Crippen molar-refractivity contribution in [2.24, 2.45) is 5.73 Å². The summed E-state index contributed by atoms with van der Waals surface area (Å²) in [5, 5.41) is 4.13. The SMILES string of the molecule is C[C@H](NCc1cccc(C(N)=O)c1)c1ccccc1Cl. The molecule has 104 valence electrons. The molecule has 0 spiro atoms. The Morgan fingerprint density at radius 1 is 1.25 bits per heavy atom. The summed E-state index contributed by atoms with van der Waals surface area (Å²) in [5.74, 6) is -0.411. The first-order valence-electron chi connectivity index (χ1n) is 6.44. The Labute approximate surface area is 123 Å². The topological polar surface area (TPSA) is 55.1 Å². The molecule has 0 aromatic heterocycles. The highest BCUT2D eigenvalue weighted by Crippen LogP contribution is 2.22. The zero-order chi connectivity index (χ0) is 14.5. The summed E-state index contributed by atoms with van der Waals surface area (Å²) in [4.78, 5) is 11.1. The molecule has 4 heteroatoms. The molecule has 20 heavy (non-hydrogen) atoms. The van der Waals surface area contributed by atoms with Crippen LogP contribution in [0.3, 0.4) is 0 Å². The van der Waals surface area contributed by atoms with Crippen molar-refractivity contribution in [3.8, 4) is 0 Å². The van der Waals surface area contributed by atoms with E-state index in [2.05, 4.69) is 12.2 Å². The number of amides is 1. The number of carbonyl (C=O) groups is 1. The van der Waals surface area contributed by atoms with Crippen LogP contribution in [0, 0.1) is 0 Å². The van der Waals surface area contributed by atoms with Gasteiger partial charge in [-0.1, -0.05) is 41.9 Å². The maximum atomic E-state index is 11.1. The van der Waals surface area contributed by atoms with Crippen molar-refractivity contribution < 1.29 is 4.79 Å². The Morgan fingerprint density at radius 3 is 2.70 bits per heavy atom. The molecule has 1 amide bonds. The minimum absolute atomic E-state index is 0.126. The normalized spacial score (nSPS) is 12.1. The Hall–Kier alpha value is -1.84. The number of rotatable bonds is 5. The third-order valence-corrected chi connectivity index (χ3v) is 3.54. The number of benzene rings is 2. The fraction of sp³-hybridized carbons (Fsp3) is 0.188. The fourth-order valence-electron chi connectivity index (χ4n) is 2.04. The van der Waals surface area contributed by atoms with Crippen molar-refractivity contribution in [1.82, 2.24) is 5.32 Å². The standard InChI is InChI=1S/C16H17ClN2O/c1-11(14-7-2-3-8-15(14)17)19-10-12-5-4-6-13(9-12)16(18)20/h2-9,11,19H,10H2,1H3,(H2,18,20)/t11-/m0/s1. The number of carbonyl (C=O) groups excluding carboxylic acids is 1. The van der Waals surface area contributed by atoms with Crippen LogP contribution in [0.15, 0.2) is 48.5 Å². The van der Waals surface area contributed by atoms with Gasteiger partial charge in [-0.15, -0.1) is 0 Å². The van der Waals surface area contributed by atoms with E-state index in [1.165, 1.54) is 0 Å². The molecule has 0 aliphatic carbocycles. The molecular formula is C16H17ClN2O. The molecule has 0 heterocycles. The van der Waals surface area contributed by atoms with Crippen molar-refractivity contribution in [2.45, 2.75) is 19.5 Å². The molecule has 3 N–H and O–H groups in total. The molecule has 0 bridgehead atoms. The molecule has 2 rings (SSSR count). The van der Waals surface area contributed by atoms with Gasteiger partial charge in [0.25, 0.3) is 0 Å². The van der Waals surface area contributed by atoms with Crippen LogP contribution in [0.5, 0.6) is 0 Å². The number of nitrogens with two attached hydrogens (primary N) is 1. The van der Waals surface area contributed by atoms with Gasteiger partial charge in [-0.25, -0.2) is 0 Å². The minimum Gasteiger partial charge on any atom is -0.366 e. The largest absolute Gasteiger partial charge is 0.366 e. The van der Waals surface area contributed by atoms with E-state index in [0.29, 0.717) is 12.1 Å². The number of primary amides is 1. The van der Waals surface area contributed by atoms with Gasteiger partial charge < -0.3 is 11.1 Å².